The van der Waals surface area contributed by atoms with E-state index in [9.17, 15) is 13.2 Å². The molecule has 0 spiro atoms. The van der Waals surface area contributed by atoms with Crippen molar-refractivity contribution in [3.05, 3.63) is 35.1 Å². The lowest BCUT2D eigenvalue weighted by molar-refractivity contribution is 0.446. The minimum Gasteiger partial charge on any atom is -0.313 e. The summed E-state index contributed by atoms with van der Waals surface area (Å²) in [6.45, 7) is 0. The van der Waals surface area contributed by atoms with Crippen LogP contribution in [0.4, 0.5) is 13.2 Å². The van der Waals surface area contributed by atoms with Crippen molar-refractivity contribution in [2.45, 2.75) is 25.3 Å². The first-order valence-electron chi connectivity index (χ1n) is 5.43. The van der Waals surface area contributed by atoms with Crippen molar-refractivity contribution in [1.82, 2.24) is 5.32 Å². The highest BCUT2D eigenvalue weighted by Crippen LogP contribution is 2.38. The molecule has 0 bridgehead atoms. The molecule has 1 aliphatic rings. The van der Waals surface area contributed by atoms with Crippen molar-refractivity contribution in [3.63, 3.8) is 0 Å². The molecule has 4 heteroatoms. The van der Waals surface area contributed by atoms with Gasteiger partial charge in [0.2, 0.25) is 0 Å². The molecule has 0 aliphatic heterocycles. The number of nitrogens with one attached hydrogen (secondary N) is 1. The maximum absolute atomic E-state index is 13.5. The number of hydrogen-bond donors (Lipinski definition) is 1. The Balaban J connectivity index is 2.28. The summed E-state index contributed by atoms with van der Waals surface area (Å²) in [6.07, 6.45) is 2.93. The van der Waals surface area contributed by atoms with Crippen molar-refractivity contribution in [3.8, 4) is 0 Å². The minimum atomic E-state index is -0.875. The summed E-state index contributed by atoms with van der Waals surface area (Å²) < 4.78 is 39.7. The van der Waals surface area contributed by atoms with E-state index in [2.05, 4.69) is 5.32 Å². The Morgan fingerprint density at radius 1 is 1.25 bits per heavy atom. The minimum absolute atomic E-state index is 0.0456. The molecule has 1 atom stereocenters. The third kappa shape index (κ3) is 2.38. The van der Waals surface area contributed by atoms with Crippen LogP contribution in [0.2, 0.25) is 0 Å². The molecule has 1 N–H and O–H groups in total. The first kappa shape index (κ1) is 11.5. The summed E-state index contributed by atoms with van der Waals surface area (Å²) >= 11 is 0. The molecule has 1 nitrogen and oxygen atoms in total. The van der Waals surface area contributed by atoms with Crippen LogP contribution in [0.15, 0.2) is 12.1 Å². The van der Waals surface area contributed by atoms with Crippen molar-refractivity contribution >= 4 is 0 Å². The van der Waals surface area contributed by atoms with Crippen LogP contribution in [0.5, 0.6) is 0 Å². The van der Waals surface area contributed by atoms with Crippen LogP contribution in [0.25, 0.3) is 0 Å². The van der Waals surface area contributed by atoms with Gasteiger partial charge in [-0.15, -0.1) is 0 Å². The van der Waals surface area contributed by atoms with Gasteiger partial charge in [0.15, 0.2) is 0 Å². The molecule has 0 aromatic heterocycles. The monoisotopic (exact) mass is 229 g/mol. The van der Waals surface area contributed by atoms with Gasteiger partial charge in [0.25, 0.3) is 0 Å². The lowest BCUT2D eigenvalue weighted by Crippen LogP contribution is -2.20. The van der Waals surface area contributed by atoms with Gasteiger partial charge in [-0.1, -0.05) is 12.8 Å². The fourth-order valence-corrected chi connectivity index (χ4v) is 1.95. The van der Waals surface area contributed by atoms with Gasteiger partial charge < -0.3 is 5.32 Å². The zero-order valence-electron chi connectivity index (χ0n) is 9.06. The highest BCUT2D eigenvalue weighted by molar-refractivity contribution is 5.24. The summed E-state index contributed by atoms with van der Waals surface area (Å²) in [5.41, 5.74) is -0.0456. The Bertz CT molecular complexity index is 365. The van der Waals surface area contributed by atoms with Crippen LogP contribution in [-0.2, 0) is 0 Å². The maximum atomic E-state index is 13.5. The zero-order chi connectivity index (χ0) is 11.7. The van der Waals surface area contributed by atoms with Crippen molar-refractivity contribution in [2.24, 2.45) is 5.92 Å². The van der Waals surface area contributed by atoms with E-state index >= 15 is 0 Å². The lowest BCUT2D eigenvalue weighted by Gasteiger charge is -2.17. The second-order valence-electron chi connectivity index (χ2n) is 4.30. The highest BCUT2D eigenvalue weighted by Gasteiger charge is 2.28. The molecular formula is C12H14F3N. The molecule has 1 unspecified atom stereocenters. The Kier molecular flexibility index (Phi) is 3.19. The Morgan fingerprint density at radius 3 is 2.25 bits per heavy atom. The van der Waals surface area contributed by atoms with Crippen LogP contribution < -0.4 is 5.32 Å². The van der Waals surface area contributed by atoms with E-state index in [4.69, 9.17) is 0 Å². The molecule has 88 valence electrons. The van der Waals surface area contributed by atoms with Gasteiger partial charge in [0, 0.05) is 23.7 Å². The lowest BCUT2D eigenvalue weighted by atomic mass is 10.00. The van der Waals surface area contributed by atoms with E-state index in [1.807, 2.05) is 0 Å². The Hall–Kier alpha value is -1.03. The molecule has 0 amide bonds. The van der Waals surface area contributed by atoms with Gasteiger partial charge in [-0.3, -0.25) is 0 Å². The molecule has 1 aromatic rings. The number of rotatable bonds is 4. The normalized spacial score (nSPS) is 17.5. The van der Waals surface area contributed by atoms with E-state index in [0.717, 1.165) is 25.0 Å². The van der Waals surface area contributed by atoms with Crippen LogP contribution in [0, 0.1) is 23.4 Å². The van der Waals surface area contributed by atoms with Gasteiger partial charge in [-0.05, 0) is 19.4 Å². The predicted octanol–water partition coefficient (Wildman–Crippen LogP) is 3.16. The average Bonchev–Trinajstić information content (AvgIpc) is 2.98. The summed E-state index contributed by atoms with van der Waals surface area (Å²) in [5, 5.41) is 2.89. The largest absolute Gasteiger partial charge is 0.313 e. The van der Waals surface area contributed by atoms with Gasteiger partial charge in [-0.2, -0.15) is 0 Å². The third-order valence-electron chi connectivity index (χ3n) is 3.01. The molecule has 1 aromatic carbocycles. The standard InChI is InChI=1S/C12H14F3N/c1-16-11(4-7-2-3-7)12-9(14)5-8(13)6-10(12)15/h5-7,11,16H,2-4H2,1H3. The second kappa shape index (κ2) is 4.45. The molecule has 0 radical (unpaired) electrons. The predicted molar refractivity (Wildman–Crippen MR) is 55.5 cm³/mol. The quantitative estimate of drug-likeness (QED) is 0.836. The van der Waals surface area contributed by atoms with Gasteiger partial charge in [0.1, 0.15) is 17.5 Å². The molecule has 1 fully saturated rings. The van der Waals surface area contributed by atoms with E-state index in [1.54, 1.807) is 7.05 Å². The highest BCUT2D eigenvalue weighted by atomic mass is 19.1. The summed E-state index contributed by atoms with van der Waals surface area (Å²) in [5.74, 6) is -1.95. The van der Waals surface area contributed by atoms with Crippen LogP contribution in [0.1, 0.15) is 30.9 Å². The van der Waals surface area contributed by atoms with E-state index in [1.165, 1.54) is 0 Å². The van der Waals surface area contributed by atoms with Crippen molar-refractivity contribution in [2.75, 3.05) is 7.05 Å². The van der Waals surface area contributed by atoms with Crippen LogP contribution >= 0.6 is 0 Å². The summed E-state index contributed by atoms with van der Waals surface area (Å²) in [4.78, 5) is 0. The molecule has 0 saturated heterocycles. The summed E-state index contributed by atoms with van der Waals surface area (Å²) in [6, 6.07) is 1.10. The van der Waals surface area contributed by atoms with Gasteiger partial charge >= 0.3 is 0 Å². The van der Waals surface area contributed by atoms with E-state index < -0.39 is 17.5 Å². The zero-order valence-corrected chi connectivity index (χ0v) is 9.06. The van der Waals surface area contributed by atoms with Crippen LogP contribution in [-0.4, -0.2) is 7.05 Å². The smallest absolute Gasteiger partial charge is 0.133 e. The van der Waals surface area contributed by atoms with Gasteiger partial charge in [0.05, 0.1) is 0 Å². The molecular weight excluding hydrogens is 215 g/mol. The fraction of sp³-hybridized carbons (Fsp3) is 0.500. The topological polar surface area (TPSA) is 12.0 Å². The second-order valence-corrected chi connectivity index (χ2v) is 4.30. The number of benzene rings is 1. The average molecular weight is 229 g/mol. The molecule has 16 heavy (non-hydrogen) atoms. The maximum Gasteiger partial charge on any atom is 0.133 e. The fourth-order valence-electron chi connectivity index (χ4n) is 1.95. The Labute approximate surface area is 92.7 Å². The summed E-state index contributed by atoms with van der Waals surface area (Å²) in [7, 11) is 1.66. The molecule has 1 aliphatic carbocycles. The first-order valence-corrected chi connectivity index (χ1v) is 5.43. The molecule has 1 saturated carbocycles. The van der Waals surface area contributed by atoms with E-state index in [-0.39, 0.29) is 11.6 Å². The number of halogens is 3. The number of hydrogen-bond acceptors (Lipinski definition) is 1. The Morgan fingerprint density at radius 2 is 1.81 bits per heavy atom. The van der Waals surface area contributed by atoms with Crippen molar-refractivity contribution < 1.29 is 13.2 Å². The van der Waals surface area contributed by atoms with Gasteiger partial charge in [-0.25, -0.2) is 13.2 Å². The van der Waals surface area contributed by atoms with Crippen molar-refractivity contribution in [1.29, 1.82) is 0 Å². The molecule has 2 rings (SSSR count). The van der Waals surface area contributed by atoms with E-state index in [0.29, 0.717) is 12.3 Å². The molecule has 0 heterocycles. The first-order chi connectivity index (χ1) is 7.61. The third-order valence-corrected chi connectivity index (χ3v) is 3.01. The van der Waals surface area contributed by atoms with Crippen LogP contribution in [0.3, 0.4) is 0 Å². The SMILES string of the molecule is CNC(CC1CC1)c1c(F)cc(F)cc1F.